The molecule has 0 spiro atoms. The summed E-state index contributed by atoms with van der Waals surface area (Å²) in [6.07, 6.45) is 4.80. The minimum Gasteiger partial charge on any atom is -0.342 e. The van der Waals surface area contributed by atoms with E-state index in [4.69, 9.17) is 23.2 Å². The summed E-state index contributed by atoms with van der Waals surface area (Å²) in [7, 11) is 1.93. The number of hydrogen-bond donors (Lipinski definition) is 0. The summed E-state index contributed by atoms with van der Waals surface area (Å²) in [4.78, 5) is 14.0. The molecule has 1 aliphatic carbocycles. The summed E-state index contributed by atoms with van der Waals surface area (Å²) in [5, 5.41) is 1.14. The number of nitrogens with zero attached hydrogens (tertiary/aromatic N) is 1. The lowest BCUT2D eigenvalue weighted by atomic mass is 10.2. The number of thioether (sulfide) groups is 1. The fraction of sp³-hybridized carbons (Fsp3) is 0.533. The predicted molar refractivity (Wildman–Crippen MR) is 87.7 cm³/mol. The molecule has 2 rings (SSSR count). The smallest absolute Gasteiger partial charge is 0.232 e. The van der Waals surface area contributed by atoms with E-state index in [2.05, 4.69) is 0 Å². The number of halogens is 2. The first-order valence-electron chi connectivity index (χ1n) is 6.85. The van der Waals surface area contributed by atoms with Crippen molar-refractivity contribution in [2.24, 2.45) is 0 Å². The molecule has 0 saturated heterocycles. The molecular formula is C15H19Cl2NOS. The molecule has 110 valence electrons. The lowest BCUT2D eigenvalue weighted by Gasteiger charge is -2.24. The lowest BCUT2D eigenvalue weighted by Crippen LogP contribution is -2.36. The van der Waals surface area contributed by atoms with Crippen molar-refractivity contribution in [2.75, 3.05) is 12.8 Å². The number of carbonyl (C=O) groups excluding carboxylic acids is 1. The fourth-order valence-electron chi connectivity index (χ4n) is 2.48. The van der Waals surface area contributed by atoms with Crippen LogP contribution in [0.1, 0.15) is 31.2 Å². The summed E-state index contributed by atoms with van der Waals surface area (Å²) < 4.78 is 0. The summed E-state index contributed by atoms with van der Waals surface area (Å²) in [6, 6.07) is 6.06. The van der Waals surface area contributed by atoms with E-state index in [9.17, 15) is 4.79 Å². The molecule has 1 aromatic carbocycles. The highest BCUT2D eigenvalue weighted by Crippen LogP contribution is 2.26. The molecule has 1 amide bonds. The summed E-state index contributed by atoms with van der Waals surface area (Å²) >= 11 is 13.5. The van der Waals surface area contributed by atoms with Crippen LogP contribution >= 0.6 is 35.0 Å². The Labute approximate surface area is 134 Å². The zero-order valence-electron chi connectivity index (χ0n) is 11.6. The molecule has 0 radical (unpaired) electrons. The summed E-state index contributed by atoms with van der Waals surface area (Å²) in [5.41, 5.74) is 1.10. The normalized spacial score (nSPS) is 15.6. The van der Waals surface area contributed by atoms with Gasteiger partial charge in [-0.3, -0.25) is 4.79 Å². The Bertz CT molecular complexity index is 475. The second kappa shape index (κ2) is 7.58. The van der Waals surface area contributed by atoms with Crippen molar-refractivity contribution in [3.05, 3.63) is 33.8 Å². The second-order valence-electron chi connectivity index (χ2n) is 5.18. The van der Waals surface area contributed by atoms with Crippen LogP contribution in [0.25, 0.3) is 0 Å². The zero-order chi connectivity index (χ0) is 14.5. The van der Waals surface area contributed by atoms with Gasteiger partial charge in [-0.05, 0) is 30.5 Å². The molecule has 1 aromatic rings. The molecule has 0 atom stereocenters. The van der Waals surface area contributed by atoms with Gasteiger partial charge < -0.3 is 4.90 Å². The van der Waals surface area contributed by atoms with Crippen LogP contribution in [0.3, 0.4) is 0 Å². The van der Waals surface area contributed by atoms with E-state index in [-0.39, 0.29) is 5.91 Å². The molecule has 0 aromatic heterocycles. The van der Waals surface area contributed by atoms with Crippen molar-refractivity contribution in [3.63, 3.8) is 0 Å². The van der Waals surface area contributed by atoms with Gasteiger partial charge in [-0.25, -0.2) is 0 Å². The molecule has 0 heterocycles. The van der Waals surface area contributed by atoms with Crippen LogP contribution in [0, 0.1) is 0 Å². The van der Waals surface area contributed by atoms with Gasteiger partial charge in [-0.2, -0.15) is 0 Å². The van der Waals surface area contributed by atoms with Gasteiger partial charge in [0.1, 0.15) is 0 Å². The molecule has 0 aliphatic heterocycles. The van der Waals surface area contributed by atoms with E-state index >= 15 is 0 Å². The highest BCUT2D eigenvalue weighted by atomic mass is 35.5. The largest absolute Gasteiger partial charge is 0.342 e. The molecule has 1 fully saturated rings. The standard InChI is InChI=1S/C15H19Cl2NOS/c1-18(12-4-2-3-5-12)15(19)10-20-9-11-6-7-13(16)14(17)8-11/h6-8,12H,2-5,9-10H2,1H3. The van der Waals surface area contributed by atoms with Gasteiger partial charge in [0.2, 0.25) is 5.91 Å². The summed E-state index contributed by atoms with van der Waals surface area (Å²) in [6.45, 7) is 0. The van der Waals surface area contributed by atoms with E-state index in [1.807, 2.05) is 24.1 Å². The average molecular weight is 332 g/mol. The highest BCUT2D eigenvalue weighted by Gasteiger charge is 2.22. The molecule has 0 N–H and O–H groups in total. The first-order valence-corrected chi connectivity index (χ1v) is 8.76. The zero-order valence-corrected chi connectivity index (χ0v) is 13.9. The van der Waals surface area contributed by atoms with Crippen molar-refractivity contribution >= 4 is 40.9 Å². The Morgan fingerprint density at radius 1 is 1.30 bits per heavy atom. The number of carbonyl (C=O) groups is 1. The number of amides is 1. The number of rotatable bonds is 5. The minimum atomic E-state index is 0.224. The maximum atomic E-state index is 12.1. The van der Waals surface area contributed by atoms with Gasteiger partial charge in [0, 0.05) is 18.8 Å². The summed E-state index contributed by atoms with van der Waals surface area (Å²) in [5.74, 6) is 1.52. The van der Waals surface area contributed by atoms with E-state index in [0.717, 1.165) is 24.2 Å². The van der Waals surface area contributed by atoms with Crippen molar-refractivity contribution in [1.82, 2.24) is 4.90 Å². The molecule has 0 unspecified atom stereocenters. The second-order valence-corrected chi connectivity index (χ2v) is 6.98. The molecule has 2 nitrogen and oxygen atoms in total. The number of hydrogen-bond acceptors (Lipinski definition) is 2. The topological polar surface area (TPSA) is 20.3 Å². The van der Waals surface area contributed by atoms with Gasteiger partial charge in [-0.1, -0.05) is 42.1 Å². The van der Waals surface area contributed by atoms with Crippen LogP contribution in [0.5, 0.6) is 0 Å². The van der Waals surface area contributed by atoms with E-state index in [1.165, 1.54) is 12.8 Å². The quantitative estimate of drug-likeness (QED) is 0.784. The molecule has 20 heavy (non-hydrogen) atoms. The molecule has 1 saturated carbocycles. The van der Waals surface area contributed by atoms with Gasteiger partial charge in [-0.15, -0.1) is 11.8 Å². The third kappa shape index (κ3) is 4.31. The van der Waals surface area contributed by atoms with Crippen LogP contribution in [-0.4, -0.2) is 29.6 Å². The lowest BCUT2D eigenvalue weighted by molar-refractivity contribution is -0.129. The third-order valence-corrected chi connectivity index (χ3v) is 5.47. The van der Waals surface area contributed by atoms with Gasteiger partial charge >= 0.3 is 0 Å². The van der Waals surface area contributed by atoms with Crippen LogP contribution in [-0.2, 0) is 10.5 Å². The Balaban J connectivity index is 1.77. The predicted octanol–water partition coefficient (Wildman–Crippen LogP) is 4.63. The van der Waals surface area contributed by atoms with E-state index < -0.39 is 0 Å². The molecular weight excluding hydrogens is 313 g/mol. The maximum absolute atomic E-state index is 12.1. The van der Waals surface area contributed by atoms with Crippen molar-refractivity contribution in [2.45, 2.75) is 37.5 Å². The first-order chi connectivity index (χ1) is 9.58. The Hall–Kier alpha value is -0.380. The van der Waals surface area contributed by atoms with Crippen molar-refractivity contribution in [3.8, 4) is 0 Å². The highest BCUT2D eigenvalue weighted by molar-refractivity contribution is 7.99. The van der Waals surface area contributed by atoms with Crippen LogP contribution in [0.4, 0.5) is 0 Å². The fourth-order valence-corrected chi connectivity index (χ4v) is 3.70. The number of benzene rings is 1. The maximum Gasteiger partial charge on any atom is 0.232 e. The van der Waals surface area contributed by atoms with E-state index in [0.29, 0.717) is 21.8 Å². The first kappa shape index (κ1) is 16.0. The Kier molecular flexibility index (Phi) is 6.06. The van der Waals surface area contributed by atoms with Gasteiger partial charge in [0.25, 0.3) is 0 Å². The monoisotopic (exact) mass is 331 g/mol. The van der Waals surface area contributed by atoms with Crippen LogP contribution in [0.15, 0.2) is 18.2 Å². The SMILES string of the molecule is CN(C(=O)CSCc1ccc(Cl)c(Cl)c1)C1CCCC1. The Morgan fingerprint density at radius 3 is 2.65 bits per heavy atom. The van der Waals surface area contributed by atoms with E-state index in [1.54, 1.807) is 17.8 Å². The average Bonchev–Trinajstić information content (AvgIpc) is 2.96. The van der Waals surface area contributed by atoms with Crippen LogP contribution < -0.4 is 0 Å². The molecule has 1 aliphatic rings. The van der Waals surface area contributed by atoms with Gasteiger partial charge in [0.05, 0.1) is 15.8 Å². The van der Waals surface area contributed by atoms with Gasteiger partial charge in [0.15, 0.2) is 0 Å². The van der Waals surface area contributed by atoms with Crippen molar-refractivity contribution < 1.29 is 4.79 Å². The minimum absolute atomic E-state index is 0.224. The molecule has 0 bridgehead atoms. The molecule has 5 heteroatoms. The Morgan fingerprint density at radius 2 is 2.00 bits per heavy atom. The third-order valence-electron chi connectivity index (χ3n) is 3.74. The van der Waals surface area contributed by atoms with Crippen molar-refractivity contribution in [1.29, 1.82) is 0 Å². The van der Waals surface area contributed by atoms with Crippen LogP contribution in [0.2, 0.25) is 10.0 Å².